The van der Waals surface area contributed by atoms with Crippen LogP contribution in [-0.4, -0.2) is 29.5 Å². The first kappa shape index (κ1) is 13.4. The van der Waals surface area contributed by atoms with E-state index in [1.54, 1.807) is 11.3 Å². The van der Waals surface area contributed by atoms with Crippen molar-refractivity contribution in [2.24, 2.45) is 0 Å². The number of hydrogen-bond donors (Lipinski definition) is 1. The second kappa shape index (κ2) is 7.54. The Bertz CT molecular complexity index is 309. The average molecular weight is 239 g/mol. The first-order chi connectivity index (χ1) is 7.80. The van der Waals surface area contributed by atoms with Gasteiger partial charge in [-0.3, -0.25) is 4.90 Å². The molecule has 1 aromatic heterocycles. The van der Waals surface area contributed by atoms with Gasteiger partial charge in [0.05, 0.1) is 5.69 Å². The number of nitrogens with one attached hydrogen (secondary N) is 1. The van der Waals surface area contributed by atoms with E-state index < -0.39 is 0 Å². The van der Waals surface area contributed by atoms with Crippen molar-refractivity contribution in [2.45, 2.75) is 26.9 Å². The molecule has 0 unspecified atom stereocenters. The van der Waals surface area contributed by atoms with Gasteiger partial charge in [0.2, 0.25) is 0 Å². The summed E-state index contributed by atoms with van der Waals surface area (Å²) < 4.78 is 0. The zero-order valence-corrected chi connectivity index (χ0v) is 11.0. The predicted molar refractivity (Wildman–Crippen MR) is 70.6 cm³/mol. The van der Waals surface area contributed by atoms with Crippen LogP contribution in [0.2, 0.25) is 0 Å². The van der Waals surface area contributed by atoms with E-state index in [0.29, 0.717) is 0 Å². The normalized spacial score (nSPS) is 10.9. The lowest BCUT2D eigenvalue weighted by molar-refractivity contribution is 0.308. The number of rotatable bonds is 8. The third-order valence-corrected chi connectivity index (χ3v) is 3.24. The second-order valence-corrected chi connectivity index (χ2v) is 4.57. The van der Waals surface area contributed by atoms with E-state index in [-0.39, 0.29) is 0 Å². The molecule has 0 aliphatic rings. The summed E-state index contributed by atoms with van der Waals surface area (Å²) in [7, 11) is 0. The maximum absolute atomic E-state index is 4.60. The summed E-state index contributed by atoms with van der Waals surface area (Å²) in [6.07, 6.45) is 1.94. The zero-order chi connectivity index (χ0) is 11.8. The second-order valence-electron chi connectivity index (χ2n) is 3.63. The van der Waals surface area contributed by atoms with E-state index in [9.17, 15) is 0 Å². The van der Waals surface area contributed by atoms with Gasteiger partial charge in [0.25, 0.3) is 0 Å². The molecular formula is C12H21N3S. The lowest BCUT2D eigenvalue weighted by Crippen LogP contribution is -2.23. The minimum absolute atomic E-state index is 0.884. The summed E-state index contributed by atoms with van der Waals surface area (Å²) in [4.78, 5) is 6.92. The van der Waals surface area contributed by atoms with Gasteiger partial charge in [-0.15, -0.1) is 17.9 Å². The van der Waals surface area contributed by atoms with E-state index in [0.717, 1.165) is 32.7 Å². The lowest BCUT2D eigenvalue weighted by Gasteiger charge is -2.16. The molecule has 0 aliphatic heterocycles. The summed E-state index contributed by atoms with van der Waals surface area (Å²) in [5.74, 6) is 0. The molecule has 1 heterocycles. The number of nitrogens with zero attached hydrogens (tertiary/aromatic N) is 2. The van der Waals surface area contributed by atoms with Crippen molar-refractivity contribution in [2.75, 3.05) is 19.6 Å². The summed E-state index contributed by atoms with van der Waals surface area (Å²) in [6.45, 7) is 12.8. The molecule has 0 saturated heterocycles. The number of likely N-dealkylation sites (N-methyl/N-ethyl adjacent to an activating group) is 1. The monoisotopic (exact) mass is 239 g/mol. The van der Waals surface area contributed by atoms with Gasteiger partial charge < -0.3 is 5.32 Å². The summed E-state index contributed by atoms with van der Waals surface area (Å²) in [5.41, 5.74) is 1.17. The molecule has 1 N–H and O–H groups in total. The molecule has 0 aromatic carbocycles. The maximum atomic E-state index is 4.60. The SMILES string of the molecule is C=CCN(CC)Cc1csc(CNCC)n1. The molecule has 3 nitrogen and oxygen atoms in total. The van der Waals surface area contributed by atoms with E-state index >= 15 is 0 Å². The van der Waals surface area contributed by atoms with E-state index in [1.807, 2.05) is 6.08 Å². The van der Waals surface area contributed by atoms with Crippen molar-refractivity contribution >= 4 is 11.3 Å². The fourth-order valence-corrected chi connectivity index (χ4v) is 2.21. The van der Waals surface area contributed by atoms with E-state index in [1.165, 1.54) is 10.7 Å². The molecule has 0 aliphatic carbocycles. The fraction of sp³-hybridized carbons (Fsp3) is 0.583. The Morgan fingerprint density at radius 2 is 2.38 bits per heavy atom. The Morgan fingerprint density at radius 3 is 3.00 bits per heavy atom. The molecule has 1 aromatic rings. The van der Waals surface area contributed by atoms with Gasteiger partial charge in [-0.25, -0.2) is 4.98 Å². The minimum Gasteiger partial charge on any atom is -0.311 e. The van der Waals surface area contributed by atoms with Crippen molar-refractivity contribution in [3.63, 3.8) is 0 Å². The van der Waals surface area contributed by atoms with Gasteiger partial charge in [0, 0.05) is 25.0 Å². The summed E-state index contributed by atoms with van der Waals surface area (Å²) >= 11 is 1.73. The quantitative estimate of drug-likeness (QED) is 0.705. The maximum Gasteiger partial charge on any atom is 0.107 e. The zero-order valence-electron chi connectivity index (χ0n) is 10.2. The molecule has 0 atom stereocenters. The minimum atomic E-state index is 0.884. The Kier molecular flexibility index (Phi) is 6.30. The summed E-state index contributed by atoms with van der Waals surface area (Å²) in [6, 6.07) is 0. The highest BCUT2D eigenvalue weighted by Gasteiger charge is 2.05. The largest absolute Gasteiger partial charge is 0.311 e. The van der Waals surface area contributed by atoms with Crippen LogP contribution in [0, 0.1) is 0 Å². The van der Waals surface area contributed by atoms with E-state index in [2.05, 4.69) is 41.0 Å². The number of aromatic nitrogens is 1. The van der Waals surface area contributed by atoms with Gasteiger partial charge in [0.15, 0.2) is 0 Å². The van der Waals surface area contributed by atoms with Crippen molar-refractivity contribution in [3.8, 4) is 0 Å². The lowest BCUT2D eigenvalue weighted by atomic mass is 10.4. The molecule has 16 heavy (non-hydrogen) atoms. The van der Waals surface area contributed by atoms with Crippen molar-refractivity contribution in [1.82, 2.24) is 15.2 Å². The van der Waals surface area contributed by atoms with Gasteiger partial charge in [-0.05, 0) is 13.1 Å². The highest BCUT2D eigenvalue weighted by Crippen LogP contribution is 2.11. The topological polar surface area (TPSA) is 28.2 Å². The van der Waals surface area contributed by atoms with Crippen LogP contribution in [0.1, 0.15) is 24.5 Å². The highest BCUT2D eigenvalue weighted by atomic mass is 32.1. The van der Waals surface area contributed by atoms with Crippen LogP contribution in [0.25, 0.3) is 0 Å². The van der Waals surface area contributed by atoms with Crippen LogP contribution in [0.15, 0.2) is 18.0 Å². The van der Waals surface area contributed by atoms with Crippen LogP contribution in [-0.2, 0) is 13.1 Å². The van der Waals surface area contributed by atoms with Crippen LogP contribution in [0.4, 0.5) is 0 Å². The first-order valence-electron chi connectivity index (χ1n) is 5.77. The smallest absolute Gasteiger partial charge is 0.107 e. The molecule has 0 spiro atoms. The van der Waals surface area contributed by atoms with E-state index in [4.69, 9.17) is 0 Å². The van der Waals surface area contributed by atoms with Gasteiger partial charge in [-0.2, -0.15) is 0 Å². The van der Waals surface area contributed by atoms with Crippen LogP contribution in [0.3, 0.4) is 0 Å². The Labute approximate surface area is 102 Å². The van der Waals surface area contributed by atoms with Crippen molar-refractivity contribution < 1.29 is 0 Å². The van der Waals surface area contributed by atoms with Gasteiger partial charge in [-0.1, -0.05) is 19.9 Å². The first-order valence-corrected chi connectivity index (χ1v) is 6.65. The molecule has 1 rings (SSSR count). The molecule has 0 bridgehead atoms. The molecular weight excluding hydrogens is 218 g/mol. The highest BCUT2D eigenvalue weighted by molar-refractivity contribution is 7.09. The predicted octanol–water partition coefficient (Wildman–Crippen LogP) is 2.26. The molecule has 90 valence electrons. The van der Waals surface area contributed by atoms with Gasteiger partial charge >= 0.3 is 0 Å². The molecule has 4 heteroatoms. The molecule has 0 fully saturated rings. The molecule has 0 amide bonds. The standard InChI is InChI=1S/C12H21N3S/c1-4-7-15(6-3)9-11-10-16-12(14-11)8-13-5-2/h4,10,13H,1,5-9H2,2-3H3. The Balaban J connectivity index is 2.46. The number of hydrogen-bond acceptors (Lipinski definition) is 4. The Morgan fingerprint density at radius 1 is 1.56 bits per heavy atom. The average Bonchev–Trinajstić information content (AvgIpc) is 2.73. The third kappa shape index (κ3) is 4.43. The van der Waals surface area contributed by atoms with Crippen LogP contribution in [0.5, 0.6) is 0 Å². The summed E-state index contributed by atoms with van der Waals surface area (Å²) in [5, 5.41) is 6.61. The van der Waals surface area contributed by atoms with Crippen LogP contribution < -0.4 is 5.32 Å². The van der Waals surface area contributed by atoms with Crippen molar-refractivity contribution in [3.05, 3.63) is 28.7 Å². The molecule has 0 saturated carbocycles. The van der Waals surface area contributed by atoms with Crippen molar-refractivity contribution in [1.29, 1.82) is 0 Å². The fourth-order valence-electron chi connectivity index (χ4n) is 1.45. The number of thiazole rings is 1. The van der Waals surface area contributed by atoms with Gasteiger partial charge in [0.1, 0.15) is 5.01 Å². The molecule has 0 radical (unpaired) electrons. The Hall–Kier alpha value is -0.710. The van der Waals surface area contributed by atoms with Crippen LogP contribution >= 0.6 is 11.3 Å². The third-order valence-electron chi connectivity index (χ3n) is 2.35.